The van der Waals surface area contributed by atoms with Crippen molar-refractivity contribution in [3.63, 3.8) is 0 Å². The maximum Gasteiger partial charge on any atom is 0.124 e. The van der Waals surface area contributed by atoms with E-state index >= 15 is 0 Å². The summed E-state index contributed by atoms with van der Waals surface area (Å²) in [4.78, 5) is 0. The van der Waals surface area contributed by atoms with Gasteiger partial charge in [0.25, 0.3) is 0 Å². The van der Waals surface area contributed by atoms with Crippen LogP contribution in [0, 0.1) is 0 Å². The van der Waals surface area contributed by atoms with E-state index in [1.807, 2.05) is 33.0 Å². The molecule has 0 aliphatic heterocycles. The van der Waals surface area contributed by atoms with Crippen LogP contribution in [0.3, 0.4) is 0 Å². The highest BCUT2D eigenvalue weighted by Gasteiger charge is 2.14. The minimum Gasteiger partial charge on any atom is -0.488 e. The molecule has 0 aliphatic carbocycles. The van der Waals surface area contributed by atoms with Crippen LogP contribution in [0.1, 0.15) is 38.8 Å². The van der Waals surface area contributed by atoms with Crippen molar-refractivity contribution in [1.29, 1.82) is 0 Å². The normalized spacial score (nSPS) is 14.2. The predicted molar refractivity (Wildman–Crippen MR) is 75.1 cm³/mol. The highest BCUT2D eigenvalue weighted by Crippen LogP contribution is 2.27. The average Bonchev–Trinajstić information content (AvgIpc) is 2.39. The van der Waals surface area contributed by atoms with Crippen LogP contribution in [0.25, 0.3) is 0 Å². The molecule has 2 atom stereocenters. The Hall–Kier alpha value is -1.06. The smallest absolute Gasteiger partial charge is 0.124 e. The van der Waals surface area contributed by atoms with Crippen LogP contribution in [0.15, 0.2) is 24.3 Å². The van der Waals surface area contributed by atoms with Gasteiger partial charge in [0.2, 0.25) is 0 Å². The molecule has 0 aliphatic rings. The lowest BCUT2D eigenvalue weighted by atomic mass is 10.0. The molecule has 1 aromatic rings. The van der Waals surface area contributed by atoms with E-state index in [0.29, 0.717) is 12.6 Å². The standard InChI is InChI=1S/C15H25NO2/c1-5-14(16-4)13-9-7-8-10-15(13)18-12(3)11-17-6-2/h7-10,12,14,16H,5-6,11H2,1-4H3. The number of hydrogen-bond donors (Lipinski definition) is 1. The molecule has 0 heterocycles. The fourth-order valence-corrected chi connectivity index (χ4v) is 1.99. The van der Waals surface area contributed by atoms with Gasteiger partial charge in [-0.1, -0.05) is 25.1 Å². The van der Waals surface area contributed by atoms with Gasteiger partial charge in [-0.25, -0.2) is 0 Å². The Morgan fingerprint density at radius 1 is 1.22 bits per heavy atom. The summed E-state index contributed by atoms with van der Waals surface area (Å²) in [6, 6.07) is 8.54. The molecular weight excluding hydrogens is 226 g/mol. The molecule has 2 unspecified atom stereocenters. The average molecular weight is 251 g/mol. The monoisotopic (exact) mass is 251 g/mol. The number of hydrogen-bond acceptors (Lipinski definition) is 3. The second kappa shape index (κ2) is 8.11. The van der Waals surface area contributed by atoms with E-state index in [4.69, 9.17) is 9.47 Å². The summed E-state index contributed by atoms with van der Waals surface area (Å²) in [5, 5.41) is 3.31. The Bertz CT molecular complexity index is 337. The molecule has 0 saturated heterocycles. The molecule has 0 radical (unpaired) electrons. The van der Waals surface area contributed by atoms with E-state index in [1.54, 1.807) is 0 Å². The lowest BCUT2D eigenvalue weighted by molar-refractivity contribution is 0.0649. The minimum absolute atomic E-state index is 0.0699. The predicted octanol–water partition coefficient (Wildman–Crippen LogP) is 3.16. The topological polar surface area (TPSA) is 30.5 Å². The van der Waals surface area contributed by atoms with Gasteiger partial charge in [0, 0.05) is 18.2 Å². The molecule has 3 nitrogen and oxygen atoms in total. The van der Waals surface area contributed by atoms with E-state index in [0.717, 1.165) is 18.8 Å². The van der Waals surface area contributed by atoms with E-state index < -0.39 is 0 Å². The third kappa shape index (κ3) is 4.31. The molecule has 0 bridgehead atoms. The largest absolute Gasteiger partial charge is 0.488 e. The summed E-state index contributed by atoms with van der Waals surface area (Å²) >= 11 is 0. The van der Waals surface area contributed by atoms with Gasteiger partial charge in [0.1, 0.15) is 11.9 Å². The van der Waals surface area contributed by atoms with E-state index in [9.17, 15) is 0 Å². The summed E-state index contributed by atoms with van der Waals surface area (Å²) in [6.45, 7) is 7.55. The van der Waals surface area contributed by atoms with Crippen LogP contribution in [-0.4, -0.2) is 26.4 Å². The third-order valence-corrected chi connectivity index (χ3v) is 2.94. The maximum absolute atomic E-state index is 5.97. The Morgan fingerprint density at radius 2 is 1.94 bits per heavy atom. The van der Waals surface area contributed by atoms with Crippen LogP contribution in [-0.2, 0) is 4.74 Å². The van der Waals surface area contributed by atoms with Crippen LogP contribution in [0.4, 0.5) is 0 Å². The first-order valence-electron chi connectivity index (χ1n) is 6.73. The zero-order valence-corrected chi connectivity index (χ0v) is 11.9. The maximum atomic E-state index is 5.97. The number of para-hydroxylation sites is 1. The van der Waals surface area contributed by atoms with Gasteiger partial charge in [-0.2, -0.15) is 0 Å². The van der Waals surface area contributed by atoms with Crippen molar-refractivity contribution in [3.8, 4) is 5.75 Å². The Balaban J connectivity index is 2.75. The summed E-state index contributed by atoms with van der Waals surface area (Å²) < 4.78 is 11.3. The van der Waals surface area contributed by atoms with Crippen LogP contribution in [0.2, 0.25) is 0 Å². The van der Waals surface area contributed by atoms with Gasteiger partial charge in [0.15, 0.2) is 0 Å². The van der Waals surface area contributed by atoms with Gasteiger partial charge < -0.3 is 14.8 Å². The molecular formula is C15H25NO2. The van der Waals surface area contributed by atoms with E-state index in [-0.39, 0.29) is 6.10 Å². The number of ether oxygens (including phenoxy) is 2. The molecule has 0 aromatic heterocycles. The van der Waals surface area contributed by atoms with Crippen molar-refractivity contribution in [2.24, 2.45) is 0 Å². The molecule has 0 saturated carbocycles. The highest BCUT2D eigenvalue weighted by atomic mass is 16.5. The van der Waals surface area contributed by atoms with Crippen LogP contribution >= 0.6 is 0 Å². The van der Waals surface area contributed by atoms with Crippen LogP contribution < -0.4 is 10.1 Å². The molecule has 0 amide bonds. The minimum atomic E-state index is 0.0699. The Kier molecular flexibility index (Phi) is 6.76. The molecule has 18 heavy (non-hydrogen) atoms. The molecule has 1 aromatic carbocycles. The second-order valence-corrected chi connectivity index (χ2v) is 4.38. The number of rotatable bonds is 8. The summed E-state index contributed by atoms with van der Waals surface area (Å²) in [5.41, 5.74) is 1.21. The fourth-order valence-electron chi connectivity index (χ4n) is 1.99. The highest BCUT2D eigenvalue weighted by molar-refractivity contribution is 5.36. The zero-order chi connectivity index (χ0) is 13.4. The Labute approximate surface area is 110 Å². The second-order valence-electron chi connectivity index (χ2n) is 4.38. The molecule has 102 valence electrons. The molecule has 1 rings (SSSR count). The first kappa shape index (κ1) is 15.0. The summed E-state index contributed by atoms with van der Waals surface area (Å²) in [5.74, 6) is 0.950. The number of nitrogens with one attached hydrogen (secondary N) is 1. The van der Waals surface area contributed by atoms with Gasteiger partial charge in [-0.3, -0.25) is 0 Å². The third-order valence-electron chi connectivity index (χ3n) is 2.94. The van der Waals surface area contributed by atoms with Crippen molar-refractivity contribution >= 4 is 0 Å². The summed E-state index contributed by atoms with van der Waals surface area (Å²) in [6.07, 6.45) is 1.11. The van der Waals surface area contributed by atoms with Gasteiger partial charge >= 0.3 is 0 Å². The van der Waals surface area contributed by atoms with Crippen LogP contribution in [0.5, 0.6) is 5.75 Å². The molecule has 0 fully saturated rings. The van der Waals surface area contributed by atoms with Crippen molar-refractivity contribution in [2.75, 3.05) is 20.3 Å². The van der Waals surface area contributed by atoms with Crippen molar-refractivity contribution < 1.29 is 9.47 Å². The molecule has 0 spiro atoms. The van der Waals surface area contributed by atoms with Crippen molar-refractivity contribution in [2.45, 2.75) is 39.3 Å². The first-order valence-corrected chi connectivity index (χ1v) is 6.73. The van der Waals surface area contributed by atoms with Gasteiger partial charge in [-0.05, 0) is 33.4 Å². The quantitative estimate of drug-likeness (QED) is 0.770. The van der Waals surface area contributed by atoms with Crippen molar-refractivity contribution in [1.82, 2.24) is 5.32 Å². The van der Waals surface area contributed by atoms with Crippen molar-refractivity contribution in [3.05, 3.63) is 29.8 Å². The first-order chi connectivity index (χ1) is 8.72. The lowest BCUT2D eigenvalue weighted by Gasteiger charge is -2.21. The van der Waals surface area contributed by atoms with E-state index in [2.05, 4.69) is 24.4 Å². The Morgan fingerprint density at radius 3 is 2.56 bits per heavy atom. The van der Waals surface area contributed by atoms with Gasteiger partial charge in [-0.15, -0.1) is 0 Å². The van der Waals surface area contributed by atoms with Gasteiger partial charge in [0.05, 0.1) is 6.61 Å². The SMILES string of the molecule is CCOCC(C)Oc1ccccc1C(CC)NC. The molecule has 3 heteroatoms. The zero-order valence-electron chi connectivity index (χ0n) is 11.9. The number of benzene rings is 1. The fraction of sp³-hybridized carbons (Fsp3) is 0.600. The van der Waals surface area contributed by atoms with E-state index in [1.165, 1.54) is 5.56 Å². The lowest BCUT2D eigenvalue weighted by Crippen LogP contribution is -2.22. The molecule has 1 N–H and O–H groups in total. The summed E-state index contributed by atoms with van der Waals surface area (Å²) in [7, 11) is 1.98.